The molecule has 0 bridgehead atoms. The highest BCUT2D eigenvalue weighted by atomic mass is 32.2. The van der Waals surface area contributed by atoms with E-state index >= 15 is 0 Å². The smallest absolute Gasteiger partial charge is 0.236 e. The summed E-state index contributed by atoms with van der Waals surface area (Å²) in [5.74, 6) is 0.297. The summed E-state index contributed by atoms with van der Waals surface area (Å²) in [5, 5.41) is 0.0546. The van der Waals surface area contributed by atoms with Crippen molar-refractivity contribution in [1.82, 2.24) is 14.5 Å². The Morgan fingerprint density at radius 1 is 1.32 bits per heavy atom. The lowest BCUT2D eigenvalue weighted by Crippen LogP contribution is -2.44. The third-order valence-corrected chi connectivity index (χ3v) is 5.88. The number of imidazole rings is 1. The minimum absolute atomic E-state index is 0.0546. The van der Waals surface area contributed by atoms with Gasteiger partial charge in [-0.1, -0.05) is 18.2 Å². The number of likely N-dealkylation sites (tertiary alicyclic amines) is 1. The molecule has 1 aromatic heterocycles. The molecule has 0 N–H and O–H groups in total. The Bertz CT molecular complexity index is 645. The largest absolute Gasteiger partial charge is 0.340 e. The van der Waals surface area contributed by atoms with Crippen LogP contribution in [0.1, 0.15) is 24.4 Å². The third-order valence-electron chi connectivity index (χ3n) is 4.58. The van der Waals surface area contributed by atoms with Crippen LogP contribution in [0.5, 0.6) is 0 Å². The molecule has 2 aromatic rings. The summed E-state index contributed by atoms with van der Waals surface area (Å²) in [6, 6.07) is 8.74. The van der Waals surface area contributed by atoms with Crippen LogP contribution in [-0.2, 0) is 11.2 Å². The van der Waals surface area contributed by atoms with Gasteiger partial charge in [0, 0.05) is 30.4 Å². The van der Waals surface area contributed by atoms with Gasteiger partial charge in [0.25, 0.3) is 0 Å². The topological polar surface area (TPSA) is 38.1 Å². The van der Waals surface area contributed by atoms with Crippen molar-refractivity contribution in [1.29, 1.82) is 0 Å². The average Bonchev–Trinajstić information content (AvgIpc) is 3.23. The maximum atomic E-state index is 12.9. The van der Waals surface area contributed by atoms with Crippen LogP contribution in [0.4, 0.5) is 0 Å². The Hall–Kier alpha value is -1.75. The number of carbonyl (C=O) groups excluding carboxylic acids is 1. The Balaban J connectivity index is 1.45. The first-order valence-corrected chi connectivity index (χ1v) is 8.70. The fourth-order valence-corrected chi connectivity index (χ4v) is 4.69. The van der Waals surface area contributed by atoms with Crippen LogP contribution >= 0.6 is 11.8 Å². The van der Waals surface area contributed by atoms with E-state index in [4.69, 9.17) is 0 Å². The molecule has 4 nitrogen and oxygen atoms in total. The number of amides is 1. The SMILES string of the molecule is O=C([C@H]1Cc2ccccc2S1)N1CCC[C@H](n2ccnc2)C1. The van der Waals surface area contributed by atoms with Crippen LogP contribution in [0.25, 0.3) is 0 Å². The molecule has 0 saturated carbocycles. The summed E-state index contributed by atoms with van der Waals surface area (Å²) in [7, 11) is 0. The fourth-order valence-electron chi connectivity index (χ4n) is 3.41. The van der Waals surface area contributed by atoms with E-state index in [1.54, 1.807) is 11.8 Å². The van der Waals surface area contributed by atoms with Crippen molar-refractivity contribution in [3.8, 4) is 0 Å². The van der Waals surface area contributed by atoms with Crippen LogP contribution in [0.2, 0.25) is 0 Å². The molecule has 2 atom stereocenters. The molecule has 3 heterocycles. The van der Waals surface area contributed by atoms with Gasteiger partial charge in [0.1, 0.15) is 0 Å². The lowest BCUT2D eigenvalue weighted by atomic mass is 10.0. The Kier molecular flexibility index (Phi) is 3.66. The number of carbonyl (C=O) groups is 1. The first-order valence-electron chi connectivity index (χ1n) is 7.82. The van der Waals surface area contributed by atoms with Crippen molar-refractivity contribution in [3.63, 3.8) is 0 Å². The van der Waals surface area contributed by atoms with Crippen molar-refractivity contribution >= 4 is 17.7 Å². The standard InChI is InChI=1S/C17H19N3OS/c21-17(16-10-13-4-1-2-6-15(13)22-16)19-8-3-5-14(11-19)20-9-7-18-12-20/h1-2,4,6-7,9,12,14,16H,3,5,8,10-11H2/t14-,16+/m0/s1. The Labute approximate surface area is 134 Å². The molecule has 1 fully saturated rings. The second-order valence-electron chi connectivity index (χ2n) is 6.01. The van der Waals surface area contributed by atoms with Gasteiger partial charge in [0.05, 0.1) is 17.6 Å². The zero-order valence-corrected chi connectivity index (χ0v) is 13.2. The number of nitrogens with zero attached hydrogens (tertiary/aromatic N) is 3. The molecule has 0 unspecified atom stereocenters. The van der Waals surface area contributed by atoms with Gasteiger partial charge in [0.2, 0.25) is 5.91 Å². The molecule has 1 amide bonds. The third kappa shape index (κ3) is 2.54. The van der Waals surface area contributed by atoms with E-state index in [1.165, 1.54) is 10.5 Å². The van der Waals surface area contributed by atoms with Crippen LogP contribution in [0.3, 0.4) is 0 Å². The zero-order chi connectivity index (χ0) is 14.9. The van der Waals surface area contributed by atoms with E-state index in [1.807, 2.05) is 18.7 Å². The second kappa shape index (κ2) is 5.80. The molecule has 22 heavy (non-hydrogen) atoms. The van der Waals surface area contributed by atoms with E-state index in [9.17, 15) is 4.79 Å². The van der Waals surface area contributed by atoms with Crippen LogP contribution in [0.15, 0.2) is 47.9 Å². The number of thioether (sulfide) groups is 1. The van der Waals surface area contributed by atoms with E-state index < -0.39 is 0 Å². The predicted molar refractivity (Wildman–Crippen MR) is 86.9 cm³/mol. The van der Waals surface area contributed by atoms with Crippen LogP contribution in [0, 0.1) is 0 Å². The predicted octanol–water partition coefficient (Wildman–Crippen LogP) is 2.76. The summed E-state index contributed by atoms with van der Waals surface area (Å²) in [6.45, 7) is 1.69. The summed E-state index contributed by atoms with van der Waals surface area (Å²) < 4.78 is 2.13. The van der Waals surface area contributed by atoms with Gasteiger partial charge >= 0.3 is 0 Å². The average molecular weight is 313 g/mol. The number of hydrogen-bond donors (Lipinski definition) is 0. The molecule has 2 aliphatic rings. The second-order valence-corrected chi connectivity index (χ2v) is 7.25. The molecule has 114 valence electrons. The molecule has 0 spiro atoms. The highest BCUT2D eigenvalue weighted by molar-refractivity contribution is 8.01. The van der Waals surface area contributed by atoms with Gasteiger partial charge in [-0.15, -0.1) is 11.8 Å². The first kappa shape index (κ1) is 13.9. The van der Waals surface area contributed by atoms with Crippen LogP contribution in [-0.4, -0.2) is 38.7 Å². The quantitative estimate of drug-likeness (QED) is 0.855. The van der Waals surface area contributed by atoms with Crippen LogP contribution < -0.4 is 0 Å². The number of rotatable bonds is 2. The van der Waals surface area contributed by atoms with E-state index in [-0.39, 0.29) is 5.25 Å². The van der Waals surface area contributed by atoms with Gasteiger partial charge in [0.15, 0.2) is 0 Å². The Morgan fingerprint density at radius 3 is 3.05 bits per heavy atom. The monoisotopic (exact) mass is 313 g/mol. The summed E-state index contributed by atoms with van der Waals surface area (Å²) >= 11 is 1.73. The number of fused-ring (bicyclic) bond motifs is 1. The molecule has 5 heteroatoms. The number of hydrogen-bond acceptors (Lipinski definition) is 3. The lowest BCUT2D eigenvalue weighted by molar-refractivity contribution is -0.132. The van der Waals surface area contributed by atoms with Gasteiger partial charge in [-0.25, -0.2) is 4.98 Å². The van der Waals surface area contributed by atoms with Gasteiger partial charge in [-0.2, -0.15) is 0 Å². The molecule has 0 radical (unpaired) electrons. The lowest BCUT2D eigenvalue weighted by Gasteiger charge is -2.34. The number of benzene rings is 1. The maximum absolute atomic E-state index is 12.9. The molecule has 0 aliphatic carbocycles. The fraction of sp³-hybridized carbons (Fsp3) is 0.412. The summed E-state index contributed by atoms with van der Waals surface area (Å²) in [4.78, 5) is 20.3. The Morgan fingerprint density at radius 2 is 2.23 bits per heavy atom. The van der Waals surface area contributed by atoms with Crippen molar-refractivity contribution in [2.24, 2.45) is 0 Å². The maximum Gasteiger partial charge on any atom is 0.236 e. The van der Waals surface area contributed by atoms with Crippen molar-refractivity contribution in [2.75, 3.05) is 13.1 Å². The molecule has 1 aromatic carbocycles. The minimum Gasteiger partial charge on any atom is -0.340 e. The van der Waals surface area contributed by atoms with E-state index in [0.29, 0.717) is 11.9 Å². The summed E-state index contributed by atoms with van der Waals surface area (Å²) in [6.07, 6.45) is 8.73. The zero-order valence-electron chi connectivity index (χ0n) is 12.4. The highest BCUT2D eigenvalue weighted by Gasteiger charge is 2.33. The molecular formula is C17H19N3OS. The van der Waals surface area contributed by atoms with Gasteiger partial charge in [-0.3, -0.25) is 4.79 Å². The van der Waals surface area contributed by atoms with Crippen molar-refractivity contribution in [3.05, 3.63) is 48.5 Å². The number of piperidine rings is 1. The minimum atomic E-state index is 0.0546. The molecular weight excluding hydrogens is 294 g/mol. The van der Waals surface area contributed by atoms with E-state index in [0.717, 1.165) is 32.4 Å². The molecule has 4 rings (SSSR count). The molecule has 2 aliphatic heterocycles. The molecule has 1 saturated heterocycles. The van der Waals surface area contributed by atoms with Gasteiger partial charge in [-0.05, 0) is 30.9 Å². The van der Waals surface area contributed by atoms with Gasteiger partial charge < -0.3 is 9.47 Å². The number of aromatic nitrogens is 2. The normalized spacial score (nSPS) is 24.3. The highest BCUT2D eigenvalue weighted by Crippen LogP contribution is 2.38. The van der Waals surface area contributed by atoms with Crippen molar-refractivity contribution < 1.29 is 4.79 Å². The summed E-state index contributed by atoms with van der Waals surface area (Å²) in [5.41, 5.74) is 1.31. The first-order chi connectivity index (χ1) is 10.8. The van der Waals surface area contributed by atoms with E-state index in [2.05, 4.69) is 38.7 Å². The van der Waals surface area contributed by atoms with Crippen molar-refractivity contribution in [2.45, 2.75) is 35.4 Å².